The summed E-state index contributed by atoms with van der Waals surface area (Å²) in [5.74, 6) is 0. The Bertz CT molecular complexity index is 4030. The van der Waals surface area contributed by atoms with Crippen LogP contribution in [0.4, 0.5) is 34.1 Å². The number of benzene rings is 12. The van der Waals surface area contributed by atoms with Crippen LogP contribution in [-0.4, -0.2) is 0 Å². The molecule has 75 heavy (non-hydrogen) atoms. The zero-order valence-electron chi connectivity index (χ0n) is 43.3. The summed E-state index contributed by atoms with van der Waals surface area (Å²) in [7, 11) is 0. The lowest BCUT2D eigenvalue weighted by Crippen LogP contribution is -2.19. The molecule has 2 nitrogen and oxygen atoms in total. The first kappa shape index (κ1) is 43.8. The molecule has 12 aromatic rings. The van der Waals surface area contributed by atoms with Crippen molar-refractivity contribution in [1.29, 1.82) is 0 Å². The Morgan fingerprint density at radius 2 is 0.467 bits per heavy atom. The summed E-state index contributed by atoms with van der Waals surface area (Å²) in [6.07, 6.45) is 0. The van der Waals surface area contributed by atoms with E-state index >= 15 is 0 Å². The third kappa shape index (κ3) is 6.20. The zero-order chi connectivity index (χ0) is 50.5. The van der Waals surface area contributed by atoms with Crippen molar-refractivity contribution in [3.8, 4) is 33.4 Å². The fraction of sp³-hybridized carbons (Fsp3) is 0.123. The van der Waals surface area contributed by atoms with Crippen molar-refractivity contribution in [2.45, 2.75) is 57.8 Å². The Labute approximate surface area is 439 Å². The summed E-state index contributed by atoms with van der Waals surface area (Å²) < 4.78 is 0. The fourth-order valence-corrected chi connectivity index (χ4v) is 13.9. The van der Waals surface area contributed by atoms with Crippen LogP contribution in [0.5, 0.6) is 0 Å². The number of rotatable bonds is 6. The summed E-state index contributed by atoms with van der Waals surface area (Å²) in [6, 6.07) is 87.3. The standard InChI is InChI=1S/C73H56N2/c1-71(2)63-29-17-15-27-57(63)59-35-31-49(41-65(59)71)74(69-53-23-11-7-19-45(53)39-46-20-8-12-24-54(46)69)51-33-37-61-62-38-34-52(44-68(62)73(5,6)67(61)43-51)75(70-55-25-13-9-21-47(55)40-48-22-10-14-26-56(48)70)50-32-36-60-58-28-16-18-30-64(58)72(3,4)66(60)42-50/h7-44H,1-6H3. The van der Waals surface area contributed by atoms with E-state index in [2.05, 4.69) is 282 Å². The molecule has 15 rings (SSSR count). The average molecular weight is 961 g/mol. The van der Waals surface area contributed by atoms with E-state index < -0.39 is 0 Å². The van der Waals surface area contributed by atoms with Crippen LogP contribution in [0.2, 0.25) is 0 Å². The average Bonchev–Trinajstić information content (AvgIpc) is 3.93. The van der Waals surface area contributed by atoms with Gasteiger partial charge in [-0.25, -0.2) is 0 Å². The second kappa shape index (κ2) is 15.7. The second-order valence-corrected chi connectivity index (χ2v) is 22.9. The van der Waals surface area contributed by atoms with Gasteiger partial charge in [-0.15, -0.1) is 0 Å². The highest BCUT2D eigenvalue weighted by Crippen LogP contribution is 2.57. The van der Waals surface area contributed by atoms with Gasteiger partial charge in [0, 0.05) is 60.5 Å². The first-order valence-corrected chi connectivity index (χ1v) is 26.7. The van der Waals surface area contributed by atoms with Crippen molar-refractivity contribution < 1.29 is 0 Å². The predicted molar refractivity (Wildman–Crippen MR) is 319 cm³/mol. The first-order chi connectivity index (χ1) is 36.5. The van der Waals surface area contributed by atoms with Gasteiger partial charge in [0.15, 0.2) is 0 Å². The van der Waals surface area contributed by atoms with E-state index in [1.165, 1.54) is 121 Å². The van der Waals surface area contributed by atoms with Gasteiger partial charge in [-0.1, -0.05) is 211 Å². The lowest BCUT2D eigenvalue weighted by Gasteiger charge is -2.32. The zero-order valence-corrected chi connectivity index (χ0v) is 43.3. The van der Waals surface area contributed by atoms with Crippen molar-refractivity contribution in [2.24, 2.45) is 0 Å². The van der Waals surface area contributed by atoms with Crippen LogP contribution in [0, 0.1) is 0 Å². The third-order valence-electron chi connectivity index (χ3n) is 17.7. The lowest BCUT2D eigenvalue weighted by atomic mass is 9.81. The number of hydrogen-bond donors (Lipinski definition) is 0. The van der Waals surface area contributed by atoms with Gasteiger partial charge < -0.3 is 9.80 Å². The highest BCUT2D eigenvalue weighted by molar-refractivity contribution is 6.16. The van der Waals surface area contributed by atoms with Crippen LogP contribution in [0.1, 0.15) is 74.9 Å². The van der Waals surface area contributed by atoms with Crippen molar-refractivity contribution in [3.05, 3.63) is 264 Å². The monoisotopic (exact) mass is 960 g/mol. The summed E-state index contributed by atoms with van der Waals surface area (Å²) in [4.78, 5) is 5.13. The topological polar surface area (TPSA) is 6.48 Å². The van der Waals surface area contributed by atoms with Crippen LogP contribution < -0.4 is 9.80 Å². The van der Waals surface area contributed by atoms with Crippen LogP contribution in [0.25, 0.3) is 76.5 Å². The minimum absolute atomic E-state index is 0.152. The molecule has 0 atom stereocenters. The summed E-state index contributed by atoms with van der Waals surface area (Å²) in [5, 5.41) is 9.83. The maximum absolute atomic E-state index is 2.57. The summed E-state index contributed by atoms with van der Waals surface area (Å²) in [6.45, 7) is 14.4. The third-order valence-corrected chi connectivity index (χ3v) is 17.7. The molecule has 0 bridgehead atoms. The molecule has 0 aromatic heterocycles. The quantitative estimate of drug-likeness (QED) is 0.153. The Balaban J connectivity index is 0.927. The van der Waals surface area contributed by atoms with Crippen molar-refractivity contribution in [2.75, 3.05) is 9.80 Å². The highest BCUT2D eigenvalue weighted by atomic mass is 15.2. The Morgan fingerprint density at radius 1 is 0.227 bits per heavy atom. The highest BCUT2D eigenvalue weighted by Gasteiger charge is 2.40. The molecule has 0 saturated heterocycles. The van der Waals surface area contributed by atoms with Crippen LogP contribution in [0.15, 0.2) is 231 Å². The molecular formula is C73H56N2. The molecule has 0 unspecified atom stereocenters. The SMILES string of the molecule is CC1(C)c2ccccc2-c2ccc(N(c3ccc4c(c3)C(C)(C)c3cc(N(c5ccc6c(c5)C(C)(C)c5ccccc5-6)c5c6ccccc6cc6ccccc56)ccc3-4)c3c4ccccc4cc4ccccc34)cc21. The molecule has 3 aliphatic carbocycles. The molecule has 12 aromatic carbocycles. The molecular weight excluding hydrogens is 905 g/mol. The number of anilines is 6. The van der Waals surface area contributed by atoms with Crippen molar-refractivity contribution in [1.82, 2.24) is 0 Å². The van der Waals surface area contributed by atoms with Crippen LogP contribution >= 0.6 is 0 Å². The van der Waals surface area contributed by atoms with E-state index in [1.807, 2.05) is 0 Å². The van der Waals surface area contributed by atoms with Gasteiger partial charge in [-0.05, 0) is 149 Å². The number of hydrogen-bond acceptors (Lipinski definition) is 2. The minimum atomic E-state index is -0.335. The molecule has 0 amide bonds. The maximum Gasteiger partial charge on any atom is 0.0618 e. The Hall–Kier alpha value is -8.72. The largest absolute Gasteiger partial charge is 0.309 e. The smallest absolute Gasteiger partial charge is 0.0618 e. The Kier molecular flexibility index (Phi) is 9.15. The van der Waals surface area contributed by atoms with Gasteiger partial charge in [0.05, 0.1) is 11.4 Å². The Morgan fingerprint density at radius 3 is 0.773 bits per heavy atom. The molecule has 0 fully saturated rings. The van der Waals surface area contributed by atoms with Gasteiger partial charge in [0.2, 0.25) is 0 Å². The normalized spacial score (nSPS) is 14.9. The second-order valence-electron chi connectivity index (χ2n) is 22.9. The fourth-order valence-electron chi connectivity index (χ4n) is 13.9. The molecule has 0 spiro atoms. The van der Waals surface area contributed by atoms with E-state index in [1.54, 1.807) is 0 Å². The van der Waals surface area contributed by atoms with Gasteiger partial charge >= 0.3 is 0 Å². The number of nitrogens with zero attached hydrogens (tertiary/aromatic N) is 2. The van der Waals surface area contributed by atoms with E-state index in [0.29, 0.717) is 0 Å². The van der Waals surface area contributed by atoms with Crippen LogP contribution in [0.3, 0.4) is 0 Å². The van der Waals surface area contributed by atoms with Gasteiger partial charge in [-0.2, -0.15) is 0 Å². The molecule has 0 radical (unpaired) electrons. The molecule has 3 aliphatic rings. The molecule has 358 valence electrons. The van der Waals surface area contributed by atoms with E-state index in [0.717, 1.165) is 22.7 Å². The molecule has 2 heteroatoms. The van der Waals surface area contributed by atoms with Crippen LogP contribution in [-0.2, 0) is 16.2 Å². The molecule has 0 saturated carbocycles. The van der Waals surface area contributed by atoms with Crippen molar-refractivity contribution in [3.63, 3.8) is 0 Å². The van der Waals surface area contributed by atoms with Gasteiger partial charge in [0.1, 0.15) is 0 Å². The van der Waals surface area contributed by atoms with Gasteiger partial charge in [-0.3, -0.25) is 0 Å². The summed E-state index contributed by atoms with van der Waals surface area (Å²) in [5.41, 5.74) is 22.4. The lowest BCUT2D eigenvalue weighted by molar-refractivity contribution is 0.660. The summed E-state index contributed by atoms with van der Waals surface area (Å²) >= 11 is 0. The first-order valence-electron chi connectivity index (χ1n) is 26.7. The minimum Gasteiger partial charge on any atom is -0.309 e. The van der Waals surface area contributed by atoms with E-state index in [9.17, 15) is 0 Å². The van der Waals surface area contributed by atoms with Crippen molar-refractivity contribution >= 4 is 77.2 Å². The van der Waals surface area contributed by atoms with E-state index in [4.69, 9.17) is 0 Å². The molecule has 0 heterocycles. The van der Waals surface area contributed by atoms with E-state index in [-0.39, 0.29) is 16.2 Å². The maximum atomic E-state index is 2.57. The molecule has 0 aliphatic heterocycles. The number of fused-ring (bicyclic) bond motifs is 13. The molecule has 0 N–H and O–H groups in total. The predicted octanol–water partition coefficient (Wildman–Crippen LogP) is 20.2. The van der Waals surface area contributed by atoms with Gasteiger partial charge in [0.25, 0.3) is 0 Å².